The molecule has 0 heterocycles. The summed E-state index contributed by atoms with van der Waals surface area (Å²) >= 11 is 0. The predicted molar refractivity (Wildman–Crippen MR) is 92.9 cm³/mol. The van der Waals surface area contributed by atoms with Gasteiger partial charge in [-0.25, -0.2) is 0 Å². The molecule has 8 atom stereocenters. The molecule has 1 nitrogen and oxygen atoms in total. The second kappa shape index (κ2) is 5.60. The van der Waals surface area contributed by atoms with Crippen LogP contribution in [0.15, 0.2) is 0 Å². The van der Waals surface area contributed by atoms with Crippen molar-refractivity contribution in [1.29, 1.82) is 0 Å². The Morgan fingerprint density at radius 1 is 0.609 bits per heavy atom. The van der Waals surface area contributed by atoms with Crippen LogP contribution in [0.2, 0.25) is 0 Å². The lowest BCUT2D eigenvalue weighted by Gasteiger charge is -2.57. The molecule has 5 fully saturated rings. The average Bonchev–Trinajstić information content (AvgIpc) is 3.06. The second-order valence-electron chi connectivity index (χ2n) is 9.91. The van der Waals surface area contributed by atoms with Gasteiger partial charge in [0.25, 0.3) is 0 Å². The molecule has 23 heavy (non-hydrogen) atoms. The van der Waals surface area contributed by atoms with Crippen molar-refractivity contribution in [3.63, 3.8) is 0 Å². The molecule has 5 aliphatic carbocycles. The summed E-state index contributed by atoms with van der Waals surface area (Å²) in [6, 6.07) is 0. The topological polar surface area (TPSA) is 17.1 Å². The number of hydrogen-bond donors (Lipinski definition) is 0. The molecule has 5 saturated carbocycles. The minimum Gasteiger partial charge on any atom is -0.303 e. The van der Waals surface area contributed by atoms with Crippen molar-refractivity contribution in [3.8, 4) is 0 Å². The Kier molecular flexibility index (Phi) is 3.64. The fourth-order valence-electron chi connectivity index (χ4n) is 8.62. The molecule has 0 aliphatic heterocycles. The summed E-state index contributed by atoms with van der Waals surface area (Å²) in [5.41, 5.74) is 0.121. The van der Waals surface area contributed by atoms with Gasteiger partial charge < -0.3 is 4.79 Å². The Bertz CT molecular complexity index is 471. The third kappa shape index (κ3) is 2.13. The molecular formula is C22H34O. The number of fused-ring (bicyclic) bond motifs is 7. The highest BCUT2D eigenvalue weighted by Crippen LogP contribution is 2.63. The fraction of sp³-hybridized carbons (Fsp3) is 0.955. The third-order valence-electron chi connectivity index (χ3n) is 9.46. The van der Waals surface area contributed by atoms with Gasteiger partial charge in [-0.2, -0.15) is 0 Å². The van der Waals surface area contributed by atoms with E-state index >= 15 is 0 Å². The van der Waals surface area contributed by atoms with E-state index < -0.39 is 0 Å². The van der Waals surface area contributed by atoms with Crippen LogP contribution in [0.5, 0.6) is 0 Å². The first-order valence-electron chi connectivity index (χ1n) is 10.8. The van der Waals surface area contributed by atoms with Gasteiger partial charge in [0.2, 0.25) is 0 Å². The number of hydrogen-bond acceptors (Lipinski definition) is 1. The summed E-state index contributed by atoms with van der Waals surface area (Å²) in [6.45, 7) is 0. The summed E-state index contributed by atoms with van der Waals surface area (Å²) in [5.74, 6) is 6.96. The number of carbonyl (C=O) groups is 1. The molecule has 0 saturated heterocycles. The largest absolute Gasteiger partial charge is 0.303 e. The fourth-order valence-corrected chi connectivity index (χ4v) is 8.62. The number of rotatable bonds is 1. The monoisotopic (exact) mass is 314 g/mol. The molecule has 0 N–H and O–H groups in total. The summed E-state index contributed by atoms with van der Waals surface area (Å²) in [4.78, 5) is 11.9. The zero-order valence-corrected chi connectivity index (χ0v) is 14.7. The zero-order chi connectivity index (χ0) is 15.4. The molecule has 0 aromatic carbocycles. The molecule has 0 amide bonds. The Balaban J connectivity index is 1.39. The molecule has 0 radical (unpaired) electrons. The highest BCUT2D eigenvalue weighted by molar-refractivity contribution is 5.61. The van der Waals surface area contributed by atoms with E-state index in [0.29, 0.717) is 0 Å². The van der Waals surface area contributed by atoms with Gasteiger partial charge in [-0.3, -0.25) is 0 Å². The summed E-state index contributed by atoms with van der Waals surface area (Å²) in [5, 5.41) is 0. The quantitative estimate of drug-likeness (QED) is 0.574. The Hall–Kier alpha value is -0.330. The highest BCUT2D eigenvalue weighted by atomic mass is 16.1. The van der Waals surface area contributed by atoms with Crippen LogP contribution in [-0.2, 0) is 4.79 Å². The van der Waals surface area contributed by atoms with Crippen molar-refractivity contribution >= 4 is 6.29 Å². The lowest BCUT2D eigenvalue weighted by atomic mass is 9.47. The molecular weight excluding hydrogens is 280 g/mol. The SMILES string of the molecule is O=CC12CCCC1C1CCC3C4CCCCC4CCC3C1CC2. The maximum Gasteiger partial charge on any atom is 0.126 e. The van der Waals surface area contributed by atoms with E-state index in [0.717, 1.165) is 41.4 Å². The summed E-state index contributed by atoms with van der Waals surface area (Å²) < 4.78 is 0. The van der Waals surface area contributed by atoms with Crippen LogP contribution < -0.4 is 0 Å². The first-order chi connectivity index (χ1) is 11.3. The minimum absolute atomic E-state index is 0.121. The zero-order valence-electron chi connectivity index (χ0n) is 14.7. The van der Waals surface area contributed by atoms with E-state index in [1.165, 1.54) is 70.5 Å². The molecule has 5 aliphatic rings. The first-order valence-corrected chi connectivity index (χ1v) is 10.8. The smallest absolute Gasteiger partial charge is 0.126 e. The van der Waals surface area contributed by atoms with Crippen LogP contribution in [0.25, 0.3) is 0 Å². The molecule has 0 spiro atoms. The van der Waals surface area contributed by atoms with Crippen molar-refractivity contribution in [2.24, 2.45) is 46.8 Å². The van der Waals surface area contributed by atoms with E-state index in [1.54, 1.807) is 19.3 Å². The van der Waals surface area contributed by atoms with Crippen molar-refractivity contribution in [2.75, 3.05) is 0 Å². The van der Waals surface area contributed by atoms with Gasteiger partial charge in [0, 0.05) is 5.41 Å². The van der Waals surface area contributed by atoms with E-state index in [4.69, 9.17) is 0 Å². The lowest BCUT2D eigenvalue weighted by Crippen LogP contribution is -2.51. The minimum atomic E-state index is 0.121. The van der Waals surface area contributed by atoms with Gasteiger partial charge in [0.1, 0.15) is 6.29 Å². The van der Waals surface area contributed by atoms with E-state index in [2.05, 4.69) is 0 Å². The van der Waals surface area contributed by atoms with Crippen molar-refractivity contribution in [3.05, 3.63) is 0 Å². The van der Waals surface area contributed by atoms with Crippen LogP contribution in [0.1, 0.15) is 83.5 Å². The first kappa shape index (κ1) is 15.0. The van der Waals surface area contributed by atoms with Crippen LogP contribution >= 0.6 is 0 Å². The maximum atomic E-state index is 11.9. The average molecular weight is 315 g/mol. The van der Waals surface area contributed by atoms with Gasteiger partial charge in [-0.05, 0) is 99.2 Å². The van der Waals surface area contributed by atoms with Gasteiger partial charge in [-0.15, -0.1) is 0 Å². The van der Waals surface area contributed by atoms with Crippen molar-refractivity contribution in [1.82, 2.24) is 0 Å². The van der Waals surface area contributed by atoms with Crippen molar-refractivity contribution in [2.45, 2.75) is 83.5 Å². The van der Waals surface area contributed by atoms with Crippen LogP contribution in [0.3, 0.4) is 0 Å². The molecule has 8 unspecified atom stereocenters. The normalized spacial score (nSPS) is 55.2. The maximum absolute atomic E-state index is 11.9. The van der Waals surface area contributed by atoms with E-state index in [-0.39, 0.29) is 5.41 Å². The summed E-state index contributed by atoms with van der Waals surface area (Å²) in [7, 11) is 0. The van der Waals surface area contributed by atoms with Gasteiger partial charge >= 0.3 is 0 Å². The van der Waals surface area contributed by atoms with E-state index in [1.807, 2.05) is 0 Å². The molecule has 0 aromatic rings. The predicted octanol–water partition coefficient (Wildman–Crippen LogP) is 5.62. The third-order valence-corrected chi connectivity index (χ3v) is 9.46. The van der Waals surface area contributed by atoms with Crippen LogP contribution in [-0.4, -0.2) is 6.29 Å². The standard InChI is InChI=1S/C22H34O/c23-14-22-12-3-6-21(22)20-10-9-17-16-5-2-1-4-15(16)7-8-18(17)19(20)11-13-22/h14-21H,1-13H2. The van der Waals surface area contributed by atoms with Gasteiger partial charge in [0.05, 0.1) is 0 Å². The molecule has 128 valence electrons. The molecule has 0 aromatic heterocycles. The summed E-state index contributed by atoms with van der Waals surface area (Å²) in [6.07, 6.45) is 20.1. The Labute approximate surface area is 142 Å². The lowest BCUT2D eigenvalue weighted by molar-refractivity contribution is -0.130. The molecule has 5 rings (SSSR count). The Morgan fingerprint density at radius 2 is 1.35 bits per heavy atom. The van der Waals surface area contributed by atoms with E-state index in [9.17, 15) is 4.79 Å². The number of carbonyl (C=O) groups excluding carboxylic acids is 1. The molecule has 0 bridgehead atoms. The second-order valence-corrected chi connectivity index (χ2v) is 9.91. The highest BCUT2D eigenvalue weighted by Gasteiger charge is 2.56. The Morgan fingerprint density at radius 3 is 2.26 bits per heavy atom. The van der Waals surface area contributed by atoms with Gasteiger partial charge in [0.15, 0.2) is 0 Å². The number of aldehydes is 1. The molecule has 1 heteroatoms. The van der Waals surface area contributed by atoms with Gasteiger partial charge in [-0.1, -0.05) is 25.7 Å². The van der Waals surface area contributed by atoms with Crippen LogP contribution in [0, 0.1) is 46.8 Å². The van der Waals surface area contributed by atoms with Crippen molar-refractivity contribution < 1.29 is 4.79 Å². The van der Waals surface area contributed by atoms with Crippen LogP contribution in [0.4, 0.5) is 0 Å².